The van der Waals surface area contributed by atoms with Gasteiger partial charge in [-0.25, -0.2) is 4.79 Å². The molecule has 12 nitrogen and oxygen atoms in total. The third-order valence-corrected chi connectivity index (χ3v) is 4.02. The van der Waals surface area contributed by atoms with Crippen LogP contribution in [0.4, 0.5) is 4.79 Å². The molecule has 0 fully saturated rings. The van der Waals surface area contributed by atoms with Crippen LogP contribution in [-0.2, 0) is 42.6 Å². The number of nitrogens with one attached hydrogen (secondary N) is 2. The number of amides is 1. The van der Waals surface area contributed by atoms with Crippen LogP contribution in [0.2, 0.25) is 0 Å². The Labute approximate surface area is 216 Å². The first-order chi connectivity index (χ1) is 17.5. The second kappa shape index (κ2) is 27.0. The van der Waals surface area contributed by atoms with Crippen molar-refractivity contribution in [3.05, 3.63) is 0 Å². The van der Waals surface area contributed by atoms with Crippen molar-refractivity contribution in [1.82, 2.24) is 10.6 Å². The minimum atomic E-state index is -0.504. The molecule has 12 heteroatoms. The summed E-state index contributed by atoms with van der Waals surface area (Å²) in [7, 11) is 1.89. The smallest absolute Gasteiger partial charge is 0.407 e. The van der Waals surface area contributed by atoms with E-state index in [0.29, 0.717) is 112 Å². The summed E-state index contributed by atoms with van der Waals surface area (Å²) in [5.41, 5.74) is -0.504. The molecule has 0 rings (SSSR count). The van der Waals surface area contributed by atoms with E-state index in [-0.39, 0.29) is 0 Å². The first-order valence-corrected chi connectivity index (χ1v) is 12.7. The SMILES string of the molecule is CNCCOCCOCCOCCOCCOCCOCCOCCOCCNC(=O)OC(C)(C)C. The van der Waals surface area contributed by atoms with Gasteiger partial charge in [0.15, 0.2) is 0 Å². The molecule has 0 bridgehead atoms. The average molecular weight is 527 g/mol. The van der Waals surface area contributed by atoms with Gasteiger partial charge in [-0.1, -0.05) is 0 Å². The lowest BCUT2D eigenvalue weighted by molar-refractivity contribution is -0.0229. The number of likely N-dealkylation sites (N-methyl/N-ethyl adjacent to an activating group) is 1. The molecular formula is C24H50N2O10. The predicted molar refractivity (Wildman–Crippen MR) is 135 cm³/mol. The van der Waals surface area contributed by atoms with Gasteiger partial charge in [0.1, 0.15) is 5.60 Å². The van der Waals surface area contributed by atoms with Gasteiger partial charge in [0, 0.05) is 13.1 Å². The van der Waals surface area contributed by atoms with E-state index in [0.717, 1.165) is 6.54 Å². The third kappa shape index (κ3) is 30.9. The van der Waals surface area contributed by atoms with Crippen molar-refractivity contribution in [3.63, 3.8) is 0 Å². The van der Waals surface area contributed by atoms with Crippen molar-refractivity contribution in [3.8, 4) is 0 Å². The van der Waals surface area contributed by atoms with E-state index >= 15 is 0 Å². The van der Waals surface area contributed by atoms with Gasteiger partial charge in [-0.15, -0.1) is 0 Å². The van der Waals surface area contributed by atoms with Crippen molar-refractivity contribution < 1.29 is 47.4 Å². The molecule has 0 aliphatic rings. The summed E-state index contributed by atoms with van der Waals surface area (Å²) in [6, 6.07) is 0. The first-order valence-electron chi connectivity index (χ1n) is 12.7. The lowest BCUT2D eigenvalue weighted by Gasteiger charge is -2.19. The Balaban J connectivity index is 3.09. The van der Waals surface area contributed by atoms with Crippen molar-refractivity contribution in [2.75, 3.05) is 126 Å². The minimum absolute atomic E-state index is 0.390. The summed E-state index contributed by atoms with van der Waals surface area (Å²) < 4.78 is 48.4. The Bertz CT molecular complexity index is 467. The van der Waals surface area contributed by atoms with E-state index in [9.17, 15) is 4.79 Å². The number of carbonyl (C=O) groups is 1. The highest BCUT2D eigenvalue weighted by Gasteiger charge is 2.15. The van der Waals surface area contributed by atoms with Gasteiger partial charge >= 0.3 is 6.09 Å². The second-order valence-corrected chi connectivity index (χ2v) is 8.43. The summed E-state index contributed by atoms with van der Waals surface area (Å²) in [6.45, 7) is 15.0. The average Bonchev–Trinajstić information content (AvgIpc) is 2.82. The molecule has 0 aromatic heterocycles. The maximum Gasteiger partial charge on any atom is 0.407 e. The van der Waals surface area contributed by atoms with Crippen LogP contribution in [0.5, 0.6) is 0 Å². The molecule has 0 aromatic rings. The van der Waals surface area contributed by atoms with Crippen LogP contribution in [-0.4, -0.2) is 138 Å². The summed E-state index contributed by atoms with van der Waals surface area (Å²) >= 11 is 0. The Kier molecular flexibility index (Phi) is 26.1. The molecule has 0 aliphatic carbocycles. The number of alkyl carbamates (subject to hydrolysis) is 1. The fraction of sp³-hybridized carbons (Fsp3) is 0.958. The molecule has 0 spiro atoms. The van der Waals surface area contributed by atoms with E-state index < -0.39 is 11.7 Å². The molecule has 0 aromatic carbocycles. The number of hydrogen-bond acceptors (Lipinski definition) is 11. The van der Waals surface area contributed by atoms with Gasteiger partial charge in [0.2, 0.25) is 0 Å². The number of hydrogen-bond donors (Lipinski definition) is 2. The van der Waals surface area contributed by atoms with Gasteiger partial charge < -0.3 is 53.3 Å². The van der Waals surface area contributed by atoms with Gasteiger partial charge in [0.05, 0.1) is 106 Å². The van der Waals surface area contributed by atoms with Crippen molar-refractivity contribution in [1.29, 1.82) is 0 Å². The largest absolute Gasteiger partial charge is 0.444 e. The standard InChI is InChI=1S/C24H50N2O10/c1-24(2,3)36-23(27)26-6-8-29-10-12-31-14-16-33-18-20-35-22-21-34-19-17-32-15-13-30-11-9-28-7-5-25-4/h25H,5-22H2,1-4H3,(H,26,27). The maximum atomic E-state index is 11.4. The molecule has 0 radical (unpaired) electrons. The summed E-state index contributed by atoms with van der Waals surface area (Å²) in [5.74, 6) is 0. The Morgan fingerprint density at radius 1 is 0.500 bits per heavy atom. The van der Waals surface area contributed by atoms with Crippen molar-refractivity contribution in [2.45, 2.75) is 26.4 Å². The van der Waals surface area contributed by atoms with Crippen LogP contribution >= 0.6 is 0 Å². The Hall–Kier alpha value is -1.09. The minimum Gasteiger partial charge on any atom is -0.444 e. The van der Waals surface area contributed by atoms with Crippen LogP contribution in [0.25, 0.3) is 0 Å². The van der Waals surface area contributed by atoms with Crippen molar-refractivity contribution in [2.24, 2.45) is 0 Å². The molecule has 2 N–H and O–H groups in total. The molecule has 216 valence electrons. The van der Waals surface area contributed by atoms with Crippen LogP contribution in [0.15, 0.2) is 0 Å². The lowest BCUT2D eigenvalue weighted by Crippen LogP contribution is -2.34. The zero-order valence-electron chi connectivity index (χ0n) is 22.8. The predicted octanol–water partition coefficient (Wildman–Crippen LogP) is 0.863. The maximum absolute atomic E-state index is 11.4. The van der Waals surface area contributed by atoms with Crippen LogP contribution in [0.3, 0.4) is 0 Å². The van der Waals surface area contributed by atoms with E-state index in [1.807, 2.05) is 27.8 Å². The Morgan fingerprint density at radius 3 is 1.06 bits per heavy atom. The van der Waals surface area contributed by atoms with E-state index in [2.05, 4.69) is 10.6 Å². The molecule has 0 atom stereocenters. The zero-order valence-corrected chi connectivity index (χ0v) is 22.8. The highest BCUT2D eigenvalue weighted by atomic mass is 16.6. The summed E-state index contributed by atoms with van der Waals surface area (Å²) in [5, 5.41) is 5.64. The third-order valence-electron chi connectivity index (χ3n) is 4.02. The van der Waals surface area contributed by atoms with Gasteiger partial charge in [-0.05, 0) is 27.8 Å². The topological polar surface area (TPSA) is 124 Å². The number of rotatable bonds is 27. The second-order valence-electron chi connectivity index (χ2n) is 8.43. The number of ether oxygens (including phenoxy) is 9. The monoisotopic (exact) mass is 526 g/mol. The normalized spacial score (nSPS) is 11.7. The zero-order chi connectivity index (χ0) is 26.6. The highest BCUT2D eigenvalue weighted by Crippen LogP contribution is 2.06. The molecule has 0 aliphatic heterocycles. The molecule has 1 amide bonds. The van der Waals surface area contributed by atoms with Gasteiger partial charge in [-0.3, -0.25) is 0 Å². The lowest BCUT2D eigenvalue weighted by atomic mass is 10.2. The van der Waals surface area contributed by atoms with Crippen molar-refractivity contribution >= 4 is 6.09 Å². The molecular weight excluding hydrogens is 476 g/mol. The first kappa shape index (κ1) is 34.9. The van der Waals surface area contributed by atoms with Crippen LogP contribution in [0, 0.1) is 0 Å². The molecule has 0 unspecified atom stereocenters. The van der Waals surface area contributed by atoms with Gasteiger partial charge in [-0.2, -0.15) is 0 Å². The van der Waals surface area contributed by atoms with E-state index in [1.54, 1.807) is 0 Å². The summed E-state index contributed by atoms with van der Waals surface area (Å²) in [6.07, 6.45) is -0.448. The fourth-order valence-electron chi connectivity index (χ4n) is 2.36. The fourth-order valence-corrected chi connectivity index (χ4v) is 2.36. The molecule has 36 heavy (non-hydrogen) atoms. The molecule has 0 heterocycles. The Morgan fingerprint density at radius 2 is 0.778 bits per heavy atom. The highest BCUT2D eigenvalue weighted by molar-refractivity contribution is 5.67. The quantitative estimate of drug-likeness (QED) is 0.148. The summed E-state index contributed by atoms with van der Waals surface area (Å²) in [4.78, 5) is 11.4. The molecule has 0 saturated carbocycles. The van der Waals surface area contributed by atoms with E-state index in [4.69, 9.17) is 42.6 Å². The molecule has 0 saturated heterocycles. The van der Waals surface area contributed by atoms with E-state index in [1.165, 1.54) is 0 Å². The van der Waals surface area contributed by atoms with Crippen LogP contribution in [0.1, 0.15) is 20.8 Å². The number of carbonyl (C=O) groups excluding carboxylic acids is 1. The van der Waals surface area contributed by atoms with Gasteiger partial charge in [0.25, 0.3) is 0 Å². The van der Waals surface area contributed by atoms with Crippen LogP contribution < -0.4 is 10.6 Å².